The lowest BCUT2D eigenvalue weighted by molar-refractivity contribution is 0.103. The Morgan fingerprint density at radius 3 is 2.15 bits per heavy atom. The minimum absolute atomic E-state index is 0.279. The molecule has 0 saturated carbocycles. The molecule has 1 heterocycles. The second kappa shape index (κ2) is 4.80. The average molecular weight is 274 g/mol. The summed E-state index contributed by atoms with van der Waals surface area (Å²) < 4.78 is 1.66. The van der Waals surface area contributed by atoms with Crippen LogP contribution in [0.3, 0.4) is 0 Å². The molecule has 0 atom stereocenters. The molecule has 0 spiro atoms. The molecule has 0 aliphatic heterocycles. The van der Waals surface area contributed by atoms with Gasteiger partial charge in [-0.1, -0.05) is 29.8 Å². The van der Waals surface area contributed by atoms with E-state index in [0.29, 0.717) is 0 Å². The fourth-order valence-corrected chi connectivity index (χ4v) is 1.88. The molecule has 2 aromatic rings. The van der Waals surface area contributed by atoms with Gasteiger partial charge in [-0.15, -0.1) is 0 Å². The van der Waals surface area contributed by atoms with Gasteiger partial charge in [0.1, 0.15) is 5.56 Å². The van der Waals surface area contributed by atoms with Gasteiger partial charge in [-0.05, 0) is 6.92 Å². The number of hydrogen-bond donors (Lipinski definition) is 1. The third-order valence-electron chi connectivity index (χ3n) is 3.17. The van der Waals surface area contributed by atoms with Crippen LogP contribution in [-0.4, -0.2) is 20.0 Å². The first-order valence-corrected chi connectivity index (χ1v) is 5.95. The quantitative estimate of drug-likeness (QED) is 0.800. The molecule has 104 valence electrons. The number of carbonyl (C=O) groups excluding carboxylic acids is 1. The van der Waals surface area contributed by atoms with Crippen molar-refractivity contribution in [3.05, 3.63) is 61.8 Å². The monoisotopic (exact) mass is 274 g/mol. The van der Waals surface area contributed by atoms with Crippen molar-refractivity contribution in [2.75, 3.05) is 0 Å². The number of rotatable bonds is 2. The fraction of sp³-hybridized carbons (Fsp3) is 0.214. The van der Waals surface area contributed by atoms with Crippen molar-refractivity contribution in [1.29, 1.82) is 0 Å². The van der Waals surface area contributed by atoms with Crippen molar-refractivity contribution >= 4 is 5.78 Å². The largest absolute Gasteiger partial charge is 0.494 e. The van der Waals surface area contributed by atoms with E-state index in [-0.39, 0.29) is 5.56 Å². The van der Waals surface area contributed by atoms with E-state index in [9.17, 15) is 19.5 Å². The van der Waals surface area contributed by atoms with Gasteiger partial charge >= 0.3 is 5.69 Å². The highest BCUT2D eigenvalue weighted by Crippen LogP contribution is 2.15. The number of ketones is 1. The number of carbonyl (C=O) groups is 1. The van der Waals surface area contributed by atoms with E-state index < -0.39 is 28.5 Å². The smallest absolute Gasteiger partial charge is 0.333 e. The molecule has 0 saturated heterocycles. The molecule has 0 aliphatic carbocycles. The lowest BCUT2D eigenvalue weighted by atomic mass is 10.0. The van der Waals surface area contributed by atoms with E-state index in [0.717, 1.165) is 14.7 Å². The summed E-state index contributed by atoms with van der Waals surface area (Å²) in [5, 5.41) is 9.90. The number of aromatic nitrogens is 2. The van der Waals surface area contributed by atoms with Crippen LogP contribution in [0.4, 0.5) is 0 Å². The maximum Gasteiger partial charge on any atom is 0.333 e. The Bertz CT molecular complexity index is 798. The molecule has 0 aliphatic rings. The zero-order valence-corrected chi connectivity index (χ0v) is 11.4. The molecule has 1 aromatic carbocycles. The Labute approximate surface area is 114 Å². The van der Waals surface area contributed by atoms with E-state index in [1.807, 2.05) is 6.92 Å². The van der Waals surface area contributed by atoms with Crippen molar-refractivity contribution in [2.45, 2.75) is 6.92 Å². The third-order valence-corrected chi connectivity index (χ3v) is 3.17. The Balaban J connectivity index is 2.70. The molecule has 6 heteroatoms. The standard InChI is InChI=1S/C14H14N2O4/c1-8-4-6-9(7-5-8)11(17)10-12(18)15(2)14(20)16(3)13(10)19/h4-7,18H,1-3H3. The zero-order valence-electron chi connectivity index (χ0n) is 11.4. The molecular weight excluding hydrogens is 260 g/mol. The molecule has 0 bridgehead atoms. The summed E-state index contributed by atoms with van der Waals surface area (Å²) in [7, 11) is 2.55. The molecule has 6 nitrogen and oxygen atoms in total. The first-order valence-electron chi connectivity index (χ1n) is 5.95. The predicted molar refractivity (Wildman–Crippen MR) is 73.2 cm³/mol. The van der Waals surface area contributed by atoms with Gasteiger partial charge in [0.05, 0.1) is 0 Å². The van der Waals surface area contributed by atoms with Crippen LogP contribution < -0.4 is 11.2 Å². The third kappa shape index (κ3) is 2.05. The van der Waals surface area contributed by atoms with E-state index in [4.69, 9.17) is 0 Å². The normalized spacial score (nSPS) is 10.6. The molecule has 2 rings (SSSR count). The second-order valence-corrected chi connectivity index (χ2v) is 4.60. The average Bonchev–Trinajstić information content (AvgIpc) is 2.44. The topological polar surface area (TPSA) is 81.3 Å². The van der Waals surface area contributed by atoms with Crippen LogP contribution >= 0.6 is 0 Å². The Kier molecular flexibility index (Phi) is 3.31. The maximum atomic E-state index is 12.3. The van der Waals surface area contributed by atoms with Gasteiger partial charge in [0.15, 0.2) is 0 Å². The van der Waals surface area contributed by atoms with Crippen LogP contribution in [0, 0.1) is 6.92 Å². The second-order valence-electron chi connectivity index (χ2n) is 4.60. The van der Waals surface area contributed by atoms with E-state index in [2.05, 4.69) is 0 Å². The maximum absolute atomic E-state index is 12.3. The number of aromatic hydroxyl groups is 1. The van der Waals surface area contributed by atoms with Crippen LogP contribution in [0.2, 0.25) is 0 Å². The number of nitrogens with zero attached hydrogens (tertiary/aromatic N) is 2. The summed E-state index contributed by atoms with van der Waals surface area (Å²) in [5.74, 6) is -1.23. The Morgan fingerprint density at radius 2 is 1.60 bits per heavy atom. The van der Waals surface area contributed by atoms with Crippen molar-refractivity contribution in [2.24, 2.45) is 14.1 Å². The van der Waals surface area contributed by atoms with Crippen LogP contribution in [0.1, 0.15) is 21.5 Å². The van der Waals surface area contributed by atoms with Crippen molar-refractivity contribution in [1.82, 2.24) is 9.13 Å². The Hall–Kier alpha value is -2.63. The van der Waals surface area contributed by atoms with Gasteiger partial charge in [0.25, 0.3) is 5.56 Å². The summed E-state index contributed by atoms with van der Waals surface area (Å²) >= 11 is 0. The molecule has 0 unspecified atom stereocenters. The highest BCUT2D eigenvalue weighted by Gasteiger charge is 2.22. The van der Waals surface area contributed by atoms with Crippen LogP contribution in [0.5, 0.6) is 5.88 Å². The van der Waals surface area contributed by atoms with Gasteiger partial charge in [0, 0.05) is 19.7 Å². The molecule has 1 N–H and O–H groups in total. The lowest BCUT2D eigenvalue weighted by Crippen LogP contribution is -2.40. The number of hydrogen-bond acceptors (Lipinski definition) is 4. The number of aryl methyl sites for hydroxylation is 1. The first kappa shape index (κ1) is 13.8. The summed E-state index contributed by atoms with van der Waals surface area (Å²) in [6.45, 7) is 1.87. The molecule has 1 aromatic heterocycles. The van der Waals surface area contributed by atoms with Crippen molar-refractivity contribution in [3.8, 4) is 5.88 Å². The summed E-state index contributed by atoms with van der Waals surface area (Å²) in [5.41, 5.74) is -0.650. The van der Waals surface area contributed by atoms with Crippen LogP contribution in [0.15, 0.2) is 33.9 Å². The van der Waals surface area contributed by atoms with E-state index >= 15 is 0 Å². The fourth-order valence-electron chi connectivity index (χ4n) is 1.88. The number of benzene rings is 1. The Morgan fingerprint density at radius 1 is 1.05 bits per heavy atom. The highest BCUT2D eigenvalue weighted by molar-refractivity contribution is 6.10. The highest BCUT2D eigenvalue weighted by atomic mass is 16.3. The van der Waals surface area contributed by atoms with E-state index in [1.165, 1.54) is 14.1 Å². The SMILES string of the molecule is Cc1ccc(C(=O)c2c(O)n(C)c(=O)n(C)c2=O)cc1. The first-order chi connectivity index (χ1) is 9.34. The van der Waals surface area contributed by atoms with E-state index in [1.54, 1.807) is 24.3 Å². The summed E-state index contributed by atoms with van der Waals surface area (Å²) in [6, 6.07) is 6.61. The molecule has 0 radical (unpaired) electrons. The minimum atomic E-state index is -0.809. The molecule has 0 amide bonds. The molecular formula is C14H14N2O4. The predicted octanol–water partition coefficient (Wildman–Crippen LogP) is 0.329. The lowest BCUT2D eigenvalue weighted by Gasteiger charge is -2.09. The summed E-state index contributed by atoms with van der Waals surface area (Å²) in [6.07, 6.45) is 0. The van der Waals surface area contributed by atoms with Crippen molar-refractivity contribution in [3.63, 3.8) is 0 Å². The van der Waals surface area contributed by atoms with Crippen molar-refractivity contribution < 1.29 is 9.90 Å². The van der Waals surface area contributed by atoms with Crippen LogP contribution in [0.25, 0.3) is 0 Å². The van der Waals surface area contributed by atoms with Gasteiger partial charge in [-0.25, -0.2) is 4.79 Å². The van der Waals surface area contributed by atoms with Gasteiger partial charge < -0.3 is 5.11 Å². The molecule has 0 fully saturated rings. The van der Waals surface area contributed by atoms with Gasteiger partial charge in [0.2, 0.25) is 11.7 Å². The molecule has 20 heavy (non-hydrogen) atoms. The van der Waals surface area contributed by atoms with Crippen LogP contribution in [-0.2, 0) is 14.1 Å². The minimum Gasteiger partial charge on any atom is -0.494 e. The van der Waals surface area contributed by atoms with Gasteiger partial charge in [-0.2, -0.15) is 0 Å². The summed E-state index contributed by atoms with van der Waals surface area (Å²) in [4.78, 5) is 36.0. The van der Waals surface area contributed by atoms with Gasteiger partial charge in [-0.3, -0.25) is 18.7 Å². The zero-order chi connectivity index (χ0) is 15.0.